The molecule has 1 fully saturated rings. The van der Waals surface area contributed by atoms with Crippen LogP contribution in [0.3, 0.4) is 0 Å². The second kappa shape index (κ2) is 6.39. The molecule has 0 aliphatic heterocycles. The third-order valence-corrected chi connectivity index (χ3v) is 4.72. The number of amides is 1. The van der Waals surface area contributed by atoms with Gasteiger partial charge in [-0.25, -0.2) is 0 Å². The Morgan fingerprint density at radius 1 is 1.24 bits per heavy atom. The molecule has 1 aliphatic carbocycles. The second-order valence-electron chi connectivity index (χ2n) is 5.36. The summed E-state index contributed by atoms with van der Waals surface area (Å²) >= 11 is 0. The van der Waals surface area contributed by atoms with Gasteiger partial charge in [-0.1, -0.05) is 27.2 Å². The number of rotatable bonds is 6. The van der Waals surface area contributed by atoms with Gasteiger partial charge >= 0.3 is 0 Å². The molecule has 0 radical (unpaired) electrons. The first-order chi connectivity index (χ1) is 8.12. The van der Waals surface area contributed by atoms with Crippen molar-refractivity contribution in [1.82, 2.24) is 5.32 Å². The van der Waals surface area contributed by atoms with E-state index in [0.29, 0.717) is 12.5 Å². The van der Waals surface area contributed by atoms with Gasteiger partial charge in [-0.3, -0.25) is 4.79 Å². The van der Waals surface area contributed by atoms with Gasteiger partial charge in [0, 0.05) is 11.5 Å². The summed E-state index contributed by atoms with van der Waals surface area (Å²) in [5, 5.41) is 3.29. The van der Waals surface area contributed by atoms with Crippen LogP contribution in [0, 0.1) is 11.8 Å². The molecule has 1 rings (SSSR count). The maximum Gasteiger partial charge on any atom is 0.223 e. The Morgan fingerprint density at radius 2 is 1.82 bits per heavy atom. The number of hydrogen-bond acceptors (Lipinski definition) is 2. The molecule has 0 heterocycles. The number of hydrogen-bond donors (Lipinski definition) is 2. The lowest BCUT2D eigenvalue weighted by atomic mass is 9.87. The zero-order valence-electron chi connectivity index (χ0n) is 11.6. The van der Waals surface area contributed by atoms with Gasteiger partial charge in [-0.05, 0) is 44.6 Å². The molecule has 100 valence electrons. The van der Waals surface area contributed by atoms with Crippen molar-refractivity contribution in [2.75, 3.05) is 6.54 Å². The molecule has 0 saturated heterocycles. The van der Waals surface area contributed by atoms with Crippen LogP contribution in [0.4, 0.5) is 0 Å². The lowest BCUT2D eigenvalue weighted by Crippen LogP contribution is -2.50. The van der Waals surface area contributed by atoms with Gasteiger partial charge in [-0.2, -0.15) is 0 Å². The summed E-state index contributed by atoms with van der Waals surface area (Å²) in [4.78, 5) is 12.3. The van der Waals surface area contributed by atoms with E-state index in [2.05, 4.69) is 26.1 Å². The van der Waals surface area contributed by atoms with E-state index in [4.69, 9.17) is 5.73 Å². The summed E-state index contributed by atoms with van der Waals surface area (Å²) in [6.45, 7) is 7.11. The second-order valence-corrected chi connectivity index (χ2v) is 5.36. The Balaban J connectivity index is 2.64. The van der Waals surface area contributed by atoms with Gasteiger partial charge in [-0.15, -0.1) is 0 Å². The highest BCUT2D eigenvalue weighted by Crippen LogP contribution is 2.32. The van der Waals surface area contributed by atoms with E-state index in [0.717, 1.165) is 38.5 Å². The average molecular weight is 240 g/mol. The zero-order valence-corrected chi connectivity index (χ0v) is 11.6. The lowest BCUT2D eigenvalue weighted by Gasteiger charge is -2.33. The van der Waals surface area contributed by atoms with E-state index in [1.54, 1.807) is 0 Å². The minimum absolute atomic E-state index is 0.00117. The summed E-state index contributed by atoms with van der Waals surface area (Å²) in [6.07, 6.45) is 6.30. The van der Waals surface area contributed by atoms with Gasteiger partial charge in [0.25, 0.3) is 0 Å². The van der Waals surface area contributed by atoms with Crippen LogP contribution in [0.25, 0.3) is 0 Å². The molecule has 2 atom stereocenters. The van der Waals surface area contributed by atoms with Crippen molar-refractivity contribution in [3.8, 4) is 0 Å². The third kappa shape index (κ3) is 3.21. The van der Waals surface area contributed by atoms with Crippen LogP contribution in [-0.4, -0.2) is 18.0 Å². The van der Waals surface area contributed by atoms with Crippen LogP contribution in [0.15, 0.2) is 0 Å². The molecular formula is C14H28N2O. The Labute approximate surface area is 106 Å². The lowest BCUT2D eigenvalue weighted by molar-refractivity contribution is -0.128. The molecule has 1 saturated carbocycles. The molecule has 3 nitrogen and oxygen atoms in total. The fourth-order valence-corrected chi connectivity index (χ4v) is 3.03. The van der Waals surface area contributed by atoms with Crippen LogP contribution in [0.1, 0.15) is 59.3 Å². The highest BCUT2D eigenvalue weighted by molar-refractivity contribution is 5.80. The Bertz CT molecular complexity index is 240. The quantitative estimate of drug-likeness (QED) is 0.749. The monoisotopic (exact) mass is 240 g/mol. The average Bonchev–Trinajstić information content (AvgIpc) is 2.84. The number of nitrogens with one attached hydrogen (secondary N) is 1. The molecule has 3 heteroatoms. The molecular weight excluding hydrogens is 212 g/mol. The zero-order chi connectivity index (χ0) is 12.9. The SMILES string of the molecule is CCC(CC)(CC)NC(=O)C1CCCC1CN. The van der Waals surface area contributed by atoms with Gasteiger partial charge in [0.1, 0.15) is 0 Å². The van der Waals surface area contributed by atoms with E-state index < -0.39 is 0 Å². The molecule has 0 bridgehead atoms. The molecule has 0 spiro atoms. The Kier molecular flexibility index (Phi) is 5.44. The molecule has 0 aromatic heterocycles. The maximum absolute atomic E-state index is 12.3. The van der Waals surface area contributed by atoms with Crippen molar-refractivity contribution >= 4 is 5.91 Å². The van der Waals surface area contributed by atoms with Crippen molar-refractivity contribution in [2.24, 2.45) is 17.6 Å². The topological polar surface area (TPSA) is 55.1 Å². The van der Waals surface area contributed by atoms with E-state index >= 15 is 0 Å². The standard InChI is InChI=1S/C14H28N2O/c1-4-14(5-2,6-3)16-13(17)12-9-7-8-11(12)10-15/h11-12H,4-10,15H2,1-3H3,(H,16,17). The van der Waals surface area contributed by atoms with Crippen molar-refractivity contribution in [1.29, 1.82) is 0 Å². The van der Waals surface area contributed by atoms with Crippen LogP contribution < -0.4 is 11.1 Å². The summed E-state index contributed by atoms with van der Waals surface area (Å²) < 4.78 is 0. The first-order valence-electron chi connectivity index (χ1n) is 7.14. The molecule has 0 aromatic carbocycles. The predicted molar refractivity (Wildman–Crippen MR) is 71.6 cm³/mol. The highest BCUT2D eigenvalue weighted by atomic mass is 16.2. The molecule has 1 amide bonds. The predicted octanol–water partition coefficient (Wildman–Crippen LogP) is 2.45. The molecule has 17 heavy (non-hydrogen) atoms. The van der Waals surface area contributed by atoms with Gasteiger partial charge in [0.15, 0.2) is 0 Å². The van der Waals surface area contributed by atoms with E-state index in [1.165, 1.54) is 0 Å². The minimum Gasteiger partial charge on any atom is -0.350 e. The molecule has 2 unspecified atom stereocenters. The first kappa shape index (κ1) is 14.5. The van der Waals surface area contributed by atoms with Crippen LogP contribution in [0.2, 0.25) is 0 Å². The van der Waals surface area contributed by atoms with Crippen molar-refractivity contribution in [3.63, 3.8) is 0 Å². The minimum atomic E-state index is -0.00117. The maximum atomic E-state index is 12.3. The van der Waals surface area contributed by atoms with Crippen LogP contribution >= 0.6 is 0 Å². The Hall–Kier alpha value is -0.570. The smallest absolute Gasteiger partial charge is 0.223 e. The number of carbonyl (C=O) groups is 1. The van der Waals surface area contributed by atoms with E-state index in [-0.39, 0.29) is 17.4 Å². The number of carbonyl (C=O) groups excluding carboxylic acids is 1. The summed E-state index contributed by atoms with van der Waals surface area (Å²) in [5.41, 5.74) is 5.74. The summed E-state index contributed by atoms with van der Waals surface area (Å²) in [5.74, 6) is 0.797. The highest BCUT2D eigenvalue weighted by Gasteiger charge is 2.35. The summed E-state index contributed by atoms with van der Waals surface area (Å²) in [7, 11) is 0. The van der Waals surface area contributed by atoms with Crippen LogP contribution in [0.5, 0.6) is 0 Å². The molecule has 3 N–H and O–H groups in total. The van der Waals surface area contributed by atoms with Crippen molar-refractivity contribution in [2.45, 2.75) is 64.8 Å². The Morgan fingerprint density at radius 3 is 2.29 bits per heavy atom. The normalized spacial score (nSPS) is 24.9. The molecule has 0 aromatic rings. The van der Waals surface area contributed by atoms with Crippen LogP contribution in [-0.2, 0) is 4.79 Å². The third-order valence-electron chi connectivity index (χ3n) is 4.72. The number of nitrogens with two attached hydrogens (primary N) is 1. The van der Waals surface area contributed by atoms with Gasteiger partial charge < -0.3 is 11.1 Å². The van der Waals surface area contributed by atoms with E-state index in [9.17, 15) is 4.79 Å². The van der Waals surface area contributed by atoms with Gasteiger partial charge in [0.2, 0.25) is 5.91 Å². The fraction of sp³-hybridized carbons (Fsp3) is 0.929. The fourth-order valence-electron chi connectivity index (χ4n) is 3.03. The van der Waals surface area contributed by atoms with Crippen molar-refractivity contribution in [3.05, 3.63) is 0 Å². The van der Waals surface area contributed by atoms with Crippen molar-refractivity contribution < 1.29 is 4.79 Å². The first-order valence-corrected chi connectivity index (χ1v) is 7.14. The summed E-state index contributed by atoms with van der Waals surface area (Å²) in [6, 6.07) is 0. The van der Waals surface area contributed by atoms with Gasteiger partial charge in [0.05, 0.1) is 0 Å². The largest absolute Gasteiger partial charge is 0.350 e. The van der Waals surface area contributed by atoms with E-state index in [1.807, 2.05) is 0 Å². The molecule has 1 aliphatic rings.